The molecule has 92 valence electrons. The number of hydrogen-bond donors (Lipinski definition) is 1. The van der Waals surface area contributed by atoms with E-state index < -0.39 is 5.82 Å². The van der Waals surface area contributed by atoms with Crippen LogP contribution in [0.15, 0.2) is 23.7 Å². The monoisotopic (exact) mass is 299 g/mol. The van der Waals surface area contributed by atoms with Crippen LogP contribution in [0.3, 0.4) is 0 Å². The highest BCUT2D eigenvalue weighted by atomic mass is 35.5. The van der Waals surface area contributed by atoms with Gasteiger partial charge in [-0.15, -0.1) is 11.3 Å². The summed E-state index contributed by atoms with van der Waals surface area (Å²) in [6.07, 6.45) is 1.73. The molecule has 0 unspecified atom stereocenters. The van der Waals surface area contributed by atoms with Crippen molar-refractivity contribution in [1.82, 2.24) is 14.5 Å². The Bertz CT molecular complexity index is 761. The summed E-state index contributed by atoms with van der Waals surface area (Å²) in [4.78, 5) is 7.21. The molecule has 0 fully saturated rings. The molecule has 2 heterocycles. The molecule has 0 saturated heterocycles. The minimum absolute atomic E-state index is 0.0835. The molecular formula is C11H7ClFN3S2. The van der Waals surface area contributed by atoms with Crippen LogP contribution in [-0.4, -0.2) is 14.5 Å². The van der Waals surface area contributed by atoms with Gasteiger partial charge in [0.1, 0.15) is 10.8 Å². The number of rotatable bonds is 2. The van der Waals surface area contributed by atoms with Crippen LogP contribution in [0.2, 0.25) is 5.02 Å². The predicted molar refractivity (Wildman–Crippen MR) is 73.3 cm³/mol. The zero-order valence-electron chi connectivity index (χ0n) is 8.98. The number of nitrogens with zero attached hydrogens (tertiary/aromatic N) is 2. The fourth-order valence-corrected chi connectivity index (χ4v) is 2.82. The average Bonchev–Trinajstić information content (AvgIpc) is 2.92. The van der Waals surface area contributed by atoms with E-state index in [0.717, 1.165) is 10.5 Å². The molecule has 0 atom stereocenters. The van der Waals surface area contributed by atoms with Crippen molar-refractivity contribution in [3.8, 4) is 0 Å². The van der Waals surface area contributed by atoms with Crippen molar-refractivity contribution >= 4 is 46.2 Å². The Balaban J connectivity index is 2.19. The zero-order valence-corrected chi connectivity index (χ0v) is 11.4. The van der Waals surface area contributed by atoms with Crippen LogP contribution < -0.4 is 0 Å². The highest BCUT2D eigenvalue weighted by Gasteiger charge is 2.10. The predicted octanol–water partition coefficient (Wildman–Crippen LogP) is 4.00. The standard InChI is InChI=1S/C11H7ClFN3S2/c12-6-3-8-9(4-7(6)13)16(11(17)15-8)5-10-14-1-2-18-10/h1-4H,5H2,(H,15,17). The summed E-state index contributed by atoms with van der Waals surface area (Å²) in [6, 6.07) is 2.93. The van der Waals surface area contributed by atoms with Gasteiger partial charge in [-0.05, 0) is 18.3 Å². The van der Waals surface area contributed by atoms with E-state index in [0.29, 0.717) is 16.8 Å². The van der Waals surface area contributed by atoms with Crippen molar-refractivity contribution in [1.29, 1.82) is 0 Å². The van der Waals surface area contributed by atoms with Crippen LogP contribution in [-0.2, 0) is 6.54 Å². The molecule has 0 saturated carbocycles. The van der Waals surface area contributed by atoms with Crippen molar-refractivity contribution in [2.24, 2.45) is 0 Å². The first-order valence-corrected chi connectivity index (χ1v) is 6.77. The molecule has 3 rings (SSSR count). The first-order valence-electron chi connectivity index (χ1n) is 5.11. The van der Waals surface area contributed by atoms with Crippen molar-refractivity contribution in [3.63, 3.8) is 0 Å². The molecular weight excluding hydrogens is 293 g/mol. The number of imidazole rings is 1. The maximum absolute atomic E-state index is 13.5. The third kappa shape index (κ3) is 1.96. The summed E-state index contributed by atoms with van der Waals surface area (Å²) in [7, 11) is 0. The Morgan fingerprint density at radius 2 is 2.33 bits per heavy atom. The largest absolute Gasteiger partial charge is 0.331 e. The first-order chi connectivity index (χ1) is 8.65. The van der Waals surface area contributed by atoms with E-state index in [-0.39, 0.29) is 5.02 Å². The lowest BCUT2D eigenvalue weighted by molar-refractivity contribution is 0.628. The molecule has 3 nitrogen and oxygen atoms in total. The third-order valence-corrected chi connectivity index (χ3v) is 3.97. The fraction of sp³-hybridized carbons (Fsp3) is 0.0909. The minimum atomic E-state index is -0.453. The van der Waals surface area contributed by atoms with Crippen LogP contribution in [0.5, 0.6) is 0 Å². The molecule has 1 aromatic carbocycles. The summed E-state index contributed by atoms with van der Waals surface area (Å²) >= 11 is 12.5. The number of nitrogens with one attached hydrogen (secondary N) is 1. The molecule has 1 N–H and O–H groups in total. The van der Waals surface area contributed by atoms with Crippen molar-refractivity contribution in [2.75, 3.05) is 0 Å². The molecule has 2 aromatic heterocycles. The number of hydrogen-bond acceptors (Lipinski definition) is 3. The molecule has 0 aliphatic rings. The van der Waals surface area contributed by atoms with Gasteiger partial charge in [0.2, 0.25) is 0 Å². The highest BCUT2D eigenvalue weighted by Crippen LogP contribution is 2.23. The van der Waals surface area contributed by atoms with Crippen molar-refractivity contribution in [3.05, 3.63) is 44.3 Å². The highest BCUT2D eigenvalue weighted by molar-refractivity contribution is 7.71. The Morgan fingerprint density at radius 1 is 1.50 bits per heavy atom. The van der Waals surface area contributed by atoms with Crippen LogP contribution in [0.1, 0.15) is 5.01 Å². The Morgan fingerprint density at radius 3 is 3.06 bits per heavy atom. The molecule has 0 spiro atoms. The summed E-state index contributed by atoms with van der Waals surface area (Å²) in [5, 5.41) is 2.90. The third-order valence-electron chi connectivity index (χ3n) is 2.59. The average molecular weight is 300 g/mol. The van der Waals surface area contributed by atoms with Crippen molar-refractivity contribution in [2.45, 2.75) is 6.54 Å². The van der Waals surface area contributed by atoms with E-state index in [1.807, 2.05) is 9.95 Å². The van der Waals surface area contributed by atoms with Gasteiger partial charge in [-0.2, -0.15) is 0 Å². The molecule has 0 aliphatic heterocycles. The van der Waals surface area contributed by atoms with Gasteiger partial charge in [0.25, 0.3) is 0 Å². The smallest absolute Gasteiger partial charge is 0.178 e. The molecule has 0 amide bonds. The maximum atomic E-state index is 13.5. The van der Waals surface area contributed by atoms with Crippen molar-refractivity contribution < 1.29 is 4.39 Å². The van der Waals surface area contributed by atoms with Gasteiger partial charge < -0.3 is 9.55 Å². The molecule has 0 radical (unpaired) electrons. The number of aromatic amines is 1. The SMILES string of the molecule is Fc1cc2c(cc1Cl)[nH]c(=S)n2Cc1nccs1. The summed E-state index contributed by atoms with van der Waals surface area (Å²) in [5.74, 6) is -0.453. The lowest BCUT2D eigenvalue weighted by Crippen LogP contribution is -1.99. The first kappa shape index (κ1) is 11.8. The number of fused-ring (bicyclic) bond motifs is 1. The number of halogens is 2. The van der Waals surface area contributed by atoms with E-state index in [1.165, 1.54) is 17.4 Å². The van der Waals surface area contributed by atoms with E-state index >= 15 is 0 Å². The number of H-pyrrole nitrogens is 1. The van der Waals surface area contributed by atoms with Crippen LogP contribution >= 0.6 is 35.2 Å². The van der Waals surface area contributed by atoms with Crippen LogP contribution in [0, 0.1) is 10.6 Å². The lowest BCUT2D eigenvalue weighted by atomic mass is 10.3. The topological polar surface area (TPSA) is 33.6 Å². The number of benzene rings is 1. The number of aromatic nitrogens is 3. The molecule has 7 heteroatoms. The fourth-order valence-electron chi connectivity index (χ4n) is 1.78. The summed E-state index contributed by atoms with van der Waals surface area (Å²) < 4.78 is 15.8. The zero-order chi connectivity index (χ0) is 12.7. The lowest BCUT2D eigenvalue weighted by Gasteiger charge is -2.02. The Kier molecular flexibility index (Phi) is 2.93. The maximum Gasteiger partial charge on any atom is 0.178 e. The second kappa shape index (κ2) is 4.46. The van der Waals surface area contributed by atoms with Gasteiger partial charge in [-0.1, -0.05) is 11.6 Å². The van der Waals surface area contributed by atoms with Gasteiger partial charge in [-0.3, -0.25) is 0 Å². The van der Waals surface area contributed by atoms with E-state index in [2.05, 4.69) is 9.97 Å². The summed E-state index contributed by atoms with van der Waals surface area (Å²) in [5.41, 5.74) is 1.42. The van der Waals surface area contributed by atoms with Crippen LogP contribution in [0.25, 0.3) is 11.0 Å². The van der Waals surface area contributed by atoms with E-state index in [4.69, 9.17) is 23.8 Å². The van der Waals surface area contributed by atoms with E-state index in [1.54, 1.807) is 12.3 Å². The normalized spacial score (nSPS) is 11.2. The summed E-state index contributed by atoms with van der Waals surface area (Å²) in [6.45, 7) is 0.525. The molecule has 0 aliphatic carbocycles. The molecule has 3 aromatic rings. The molecule has 0 bridgehead atoms. The second-order valence-corrected chi connectivity index (χ2v) is 5.50. The van der Waals surface area contributed by atoms with E-state index in [9.17, 15) is 4.39 Å². The van der Waals surface area contributed by atoms with Gasteiger partial charge in [0.15, 0.2) is 4.77 Å². The number of thiazole rings is 1. The minimum Gasteiger partial charge on any atom is -0.331 e. The van der Waals surface area contributed by atoms with Gasteiger partial charge >= 0.3 is 0 Å². The van der Waals surface area contributed by atoms with Gasteiger partial charge in [0.05, 0.1) is 22.6 Å². The van der Waals surface area contributed by atoms with Gasteiger partial charge in [0, 0.05) is 17.6 Å². The Hall–Kier alpha value is -1.24. The second-order valence-electron chi connectivity index (χ2n) is 3.73. The van der Waals surface area contributed by atoms with Crippen LogP contribution in [0.4, 0.5) is 4.39 Å². The quantitative estimate of drug-likeness (QED) is 0.726. The van der Waals surface area contributed by atoms with Gasteiger partial charge in [-0.25, -0.2) is 9.37 Å². The molecule has 18 heavy (non-hydrogen) atoms. The Labute approximate surface area is 116 Å².